The molecule has 196 valence electrons. The van der Waals surface area contributed by atoms with Gasteiger partial charge in [0.15, 0.2) is 0 Å². The Kier molecular flexibility index (Phi) is 10.2. The molecule has 1 aromatic carbocycles. The van der Waals surface area contributed by atoms with Crippen molar-refractivity contribution >= 4 is 17.9 Å². The Labute approximate surface area is 211 Å². The highest BCUT2D eigenvalue weighted by molar-refractivity contribution is 5.92. The third-order valence-corrected chi connectivity index (χ3v) is 6.62. The Balaban J connectivity index is 2.49. The molecule has 0 spiro atoms. The highest BCUT2D eigenvalue weighted by Gasteiger charge is 2.43. The van der Waals surface area contributed by atoms with E-state index in [0.29, 0.717) is 6.54 Å². The van der Waals surface area contributed by atoms with Gasteiger partial charge in [-0.3, -0.25) is 9.59 Å². The molecule has 7 heteroatoms. The Morgan fingerprint density at radius 2 is 1.80 bits per heavy atom. The number of carbonyl (C=O) groups is 3. The van der Waals surface area contributed by atoms with Crippen molar-refractivity contribution in [1.82, 2.24) is 15.5 Å². The number of carbonyl (C=O) groups excluding carboxylic acids is 3. The molecular weight excluding hydrogens is 442 g/mol. The number of ether oxygens (including phenoxy) is 1. The van der Waals surface area contributed by atoms with Crippen LogP contribution in [0.2, 0.25) is 0 Å². The van der Waals surface area contributed by atoms with E-state index < -0.39 is 23.8 Å². The van der Waals surface area contributed by atoms with Crippen LogP contribution in [0.3, 0.4) is 0 Å². The Morgan fingerprint density at radius 1 is 1.14 bits per heavy atom. The van der Waals surface area contributed by atoms with E-state index in [2.05, 4.69) is 17.6 Å². The first-order chi connectivity index (χ1) is 16.4. The third kappa shape index (κ3) is 7.71. The molecule has 0 saturated heterocycles. The van der Waals surface area contributed by atoms with Crippen LogP contribution in [0, 0.1) is 19.8 Å². The van der Waals surface area contributed by atoms with Gasteiger partial charge in [-0.2, -0.15) is 0 Å². The lowest BCUT2D eigenvalue weighted by molar-refractivity contribution is -0.148. The standard InChI is InChI=1S/C28H45N3O4/c1-9-10-17-29-25(32)24(22-16-11-13-19(4)20(22)5)31(21-14-12-15-21)26(33)23(18(2)3)30-27(34)35-28(6,7)8/h11,13,16,18,21,23-24H,9-10,12,14-15,17H2,1-8H3,(H,29,32)(H,30,34). The van der Waals surface area contributed by atoms with Crippen molar-refractivity contribution in [3.8, 4) is 0 Å². The molecule has 1 aromatic rings. The Bertz CT molecular complexity index is 887. The fourth-order valence-corrected chi connectivity index (χ4v) is 4.26. The maximum atomic E-state index is 14.1. The minimum Gasteiger partial charge on any atom is -0.444 e. The molecule has 1 aliphatic carbocycles. The summed E-state index contributed by atoms with van der Waals surface area (Å²) in [6, 6.07) is 4.28. The summed E-state index contributed by atoms with van der Waals surface area (Å²) >= 11 is 0. The van der Waals surface area contributed by atoms with Gasteiger partial charge in [-0.25, -0.2) is 4.79 Å². The number of unbranched alkanes of at least 4 members (excludes halogenated alkanes) is 1. The first-order valence-corrected chi connectivity index (χ1v) is 13.0. The topological polar surface area (TPSA) is 87.7 Å². The van der Waals surface area contributed by atoms with Crippen molar-refractivity contribution in [2.75, 3.05) is 6.54 Å². The summed E-state index contributed by atoms with van der Waals surface area (Å²) in [7, 11) is 0. The number of hydrogen-bond donors (Lipinski definition) is 2. The van der Waals surface area contributed by atoms with E-state index in [1.165, 1.54) is 0 Å². The van der Waals surface area contributed by atoms with Crippen LogP contribution < -0.4 is 10.6 Å². The van der Waals surface area contributed by atoms with E-state index >= 15 is 0 Å². The summed E-state index contributed by atoms with van der Waals surface area (Å²) < 4.78 is 5.44. The summed E-state index contributed by atoms with van der Waals surface area (Å²) in [5.74, 6) is -0.598. The predicted molar refractivity (Wildman–Crippen MR) is 139 cm³/mol. The van der Waals surface area contributed by atoms with Crippen molar-refractivity contribution in [2.24, 2.45) is 5.92 Å². The number of nitrogens with zero attached hydrogens (tertiary/aromatic N) is 1. The van der Waals surface area contributed by atoms with Crippen LogP contribution in [-0.4, -0.2) is 47.0 Å². The average Bonchev–Trinajstić information content (AvgIpc) is 2.71. The minimum atomic E-state index is -0.804. The van der Waals surface area contributed by atoms with Crippen molar-refractivity contribution in [1.29, 1.82) is 0 Å². The largest absolute Gasteiger partial charge is 0.444 e. The van der Waals surface area contributed by atoms with Crippen LogP contribution in [0.4, 0.5) is 4.79 Å². The van der Waals surface area contributed by atoms with E-state index in [1.807, 2.05) is 45.9 Å². The SMILES string of the molecule is CCCCNC(=O)C(c1cccc(C)c1C)N(C(=O)C(NC(=O)OC(C)(C)C)C(C)C)C1CCC1. The molecule has 3 amide bonds. The number of benzene rings is 1. The molecule has 7 nitrogen and oxygen atoms in total. The smallest absolute Gasteiger partial charge is 0.408 e. The number of aryl methyl sites for hydroxylation is 1. The van der Waals surface area contributed by atoms with Crippen LogP contribution in [-0.2, 0) is 14.3 Å². The van der Waals surface area contributed by atoms with Gasteiger partial charge in [-0.15, -0.1) is 0 Å². The zero-order chi connectivity index (χ0) is 26.3. The monoisotopic (exact) mass is 487 g/mol. The second-order valence-corrected chi connectivity index (χ2v) is 11.0. The molecular formula is C28H45N3O4. The predicted octanol–water partition coefficient (Wildman–Crippen LogP) is 5.19. The van der Waals surface area contributed by atoms with Crippen LogP contribution in [0.25, 0.3) is 0 Å². The van der Waals surface area contributed by atoms with Crippen molar-refractivity contribution in [3.63, 3.8) is 0 Å². The molecule has 0 aliphatic heterocycles. The lowest BCUT2D eigenvalue weighted by atomic mass is 9.86. The van der Waals surface area contributed by atoms with Crippen LogP contribution >= 0.6 is 0 Å². The number of hydrogen-bond acceptors (Lipinski definition) is 4. The fourth-order valence-electron chi connectivity index (χ4n) is 4.26. The maximum Gasteiger partial charge on any atom is 0.408 e. The molecule has 2 N–H and O–H groups in total. The second kappa shape index (κ2) is 12.4. The normalized spacial score (nSPS) is 15.7. The van der Waals surface area contributed by atoms with Gasteiger partial charge in [0.1, 0.15) is 17.7 Å². The summed E-state index contributed by atoms with van der Waals surface area (Å²) in [6.45, 7) is 15.8. The molecule has 1 aliphatic rings. The lowest BCUT2D eigenvalue weighted by Crippen LogP contribution is -2.59. The Morgan fingerprint density at radius 3 is 2.31 bits per heavy atom. The highest BCUT2D eigenvalue weighted by Crippen LogP contribution is 2.36. The molecule has 2 atom stereocenters. The van der Waals surface area contributed by atoms with Crippen molar-refractivity contribution in [3.05, 3.63) is 34.9 Å². The molecule has 2 unspecified atom stereocenters. The summed E-state index contributed by atoms with van der Waals surface area (Å²) in [4.78, 5) is 42.2. The maximum absolute atomic E-state index is 14.1. The first-order valence-electron chi connectivity index (χ1n) is 13.0. The lowest BCUT2D eigenvalue weighted by Gasteiger charge is -2.44. The van der Waals surface area contributed by atoms with Gasteiger partial charge in [0, 0.05) is 12.6 Å². The van der Waals surface area contributed by atoms with Gasteiger partial charge in [0.25, 0.3) is 0 Å². The second-order valence-electron chi connectivity index (χ2n) is 11.0. The molecule has 0 bridgehead atoms. The zero-order valence-electron chi connectivity index (χ0n) is 22.9. The summed E-state index contributed by atoms with van der Waals surface area (Å²) in [5.41, 5.74) is 2.23. The molecule has 0 heterocycles. The van der Waals surface area contributed by atoms with Crippen molar-refractivity contribution in [2.45, 2.75) is 111 Å². The van der Waals surface area contributed by atoms with Crippen LogP contribution in [0.15, 0.2) is 18.2 Å². The number of alkyl carbamates (subject to hydrolysis) is 1. The quantitative estimate of drug-likeness (QED) is 0.445. The molecule has 0 aromatic heterocycles. The van der Waals surface area contributed by atoms with Gasteiger partial charge >= 0.3 is 6.09 Å². The Hall–Kier alpha value is -2.57. The fraction of sp³-hybridized carbons (Fsp3) is 0.679. The molecule has 2 rings (SSSR count). The highest BCUT2D eigenvalue weighted by atomic mass is 16.6. The minimum absolute atomic E-state index is 0.0500. The van der Waals surface area contributed by atoms with E-state index in [1.54, 1.807) is 25.7 Å². The number of rotatable bonds is 10. The number of amides is 3. The van der Waals surface area contributed by atoms with Crippen LogP contribution in [0.1, 0.15) is 96.4 Å². The van der Waals surface area contributed by atoms with Gasteiger partial charge in [0.05, 0.1) is 0 Å². The van der Waals surface area contributed by atoms with E-state index in [9.17, 15) is 14.4 Å². The third-order valence-electron chi connectivity index (χ3n) is 6.62. The molecule has 0 radical (unpaired) electrons. The summed E-state index contributed by atoms with van der Waals surface area (Å²) in [6.07, 6.45) is 3.90. The summed E-state index contributed by atoms with van der Waals surface area (Å²) in [5, 5.41) is 5.86. The van der Waals surface area contributed by atoms with E-state index in [0.717, 1.165) is 48.8 Å². The van der Waals surface area contributed by atoms with E-state index in [-0.39, 0.29) is 23.8 Å². The molecule has 1 saturated carbocycles. The van der Waals surface area contributed by atoms with Gasteiger partial charge in [0.2, 0.25) is 11.8 Å². The van der Waals surface area contributed by atoms with E-state index in [4.69, 9.17) is 4.74 Å². The number of nitrogens with one attached hydrogen (secondary N) is 2. The molecule has 35 heavy (non-hydrogen) atoms. The first kappa shape index (κ1) is 28.7. The average molecular weight is 488 g/mol. The zero-order valence-corrected chi connectivity index (χ0v) is 22.9. The van der Waals surface area contributed by atoms with Crippen molar-refractivity contribution < 1.29 is 19.1 Å². The van der Waals surface area contributed by atoms with Gasteiger partial charge in [-0.05, 0) is 82.9 Å². The van der Waals surface area contributed by atoms with Gasteiger partial charge < -0.3 is 20.3 Å². The van der Waals surface area contributed by atoms with Crippen LogP contribution in [0.5, 0.6) is 0 Å². The molecule has 1 fully saturated rings. The van der Waals surface area contributed by atoms with Gasteiger partial charge in [-0.1, -0.05) is 45.4 Å².